The van der Waals surface area contributed by atoms with Crippen molar-refractivity contribution in [2.75, 3.05) is 6.54 Å². The average molecular weight is 370 g/mol. The van der Waals surface area contributed by atoms with Gasteiger partial charge in [0.2, 0.25) is 0 Å². The Morgan fingerprint density at radius 3 is 2.77 bits per heavy atom. The van der Waals surface area contributed by atoms with Gasteiger partial charge in [0.15, 0.2) is 0 Å². The maximum atomic E-state index is 13.2. The minimum atomic E-state index is -3.82. The van der Waals surface area contributed by atoms with Gasteiger partial charge in [-0.25, -0.2) is 12.4 Å². The lowest BCUT2D eigenvalue weighted by atomic mass is 10.0. The largest absolute Gasteiger partial charge is 0.481 e. The zero-order valence-electron chi connectivity index (χ0n) is 14.0. The summed E-state index contributed by atoms with van der Waals surface area (Å²) in [6.45, 7) is 1.54. The predicted molar refractivity (Wildman–Crippen MR) is 97.7 cm³/mol. The number of rotatable bonds is 4. The highest BCUT2D eigenvalue weighted by molar-refractivity contribution is 7.90. The average Bonchev–Trinajstić information content (AvgIpc) is 3.00. The number of benzene rings is 2. The van der Waals surface area contributed by atoms with Crippen LogP contribution in [0.15, 0.2) is 53.6 Å². The lowest BCUT2D eigenvalue weighted by Crippen LogP contribution is -2.24. The van der Waals surface area contributed by atoms with Gasteiger partial charge in [0, 0.05) is 18.1 Å². The number of carboxylic acid groups (broad SMARTS) is 1. The van der Waals surface area contributed by atoms with Crippen molar-refractivity contribution >= 4 is 26.9 Å². The first-order chi connectivity index (χ1) is 12.5. The number of carbonyl (C=O) groups is 1. The summed E-state index contributed by atoms with van der Waals surface area (Å²) in [7, 11) is -3.82. The Hall–Kier alpha value is -2.64. The van der Waals surface area contributed by atoms with Crippen LogP contribution in [0, 0.1) is 0 Å². The summed E-state index contributed by atoms with van der Waals surface area (Å²) in [6.07, 6.45) is 2.08. The first-order valence-electron chi connectivity index (χ1n) is 8.35. The van der Waals surface area contributed by atoms with E-state index in [9.17, 15) is 13.2 Å². The van der Waals surface area contributed by atoms with E-state index in [1.54, 1.807) is 36.4 Å². The summed E-state index contributed by atoms with van der Waals surface area (Å²) in [5, 5.41) is 13.0. The summed E-state index contributed by atoms with van der Waals surface area (Å²) in [5.74, 6) is -0.995. The van der Waals surface area contributed by atoms with E-state index in [1.807, 2.05) is 6.07 Å². The van der Waals surface area contributed by atoms with Crippen molar-refractivity contribution < 1.29 is 18.3 Å². The first kappa shape index (κ1) is 16.8. The summed E-state index contributed by atoms with van der Waals surface area (Å²) < 4.78 is 27.6. The Morgan fingerprint density at radius 2 is 1.96 bits per heavy atom. The van der Waals surface area contributed by atoms with Crippen LogP contribution in [0.2, 0.25) is 0 Å². The van der Waals surface area contributed by atoms with Crippen LogP contribution < -0.4 is 5.32 Å². The van der Waals surface area contributed by atoms with E-state index in [0.29, 0.717) is 23.0 Å². The van der Waals surface area contributed by atoms with Crippen molar-refractivity contribution in [1.29, 1.82) is 0 Å². The highest BCUT2D eigenvalue weighted by Crippen LogP contribution is 2.28. The van der Waals surface area contributed by atoms with E-state index >= 15 is 0 Å². The normalized spacial score (nSPS) is 14.3. The molecule has 0 bridgehead atoms. The molecular formula is C19H18N2O4S. The number of hydrogen-bond acceptors (Lipinski definition) is 4. The van der Waals surface area contributed by atoms with E-state index < -0.39 is 16.0 Å². The monoisotopic (exact) mass is 370 g/mol. The molecule has 6 nitrogen and oxygen atoms in total. The molecule has 7 heteroatoms. The zero-order valence-corrected chi connectivity index (χ0v) is 14.8. The Kier molecular flexibility index (Phi) is 4.05. The molecule has 2 heterocycles. The third-order valence-corrected chi connectivity index (χ3v) is 6.39. The molecule has 0 unspecified atom stereocenters. The van der Waals surface area contributed by atoms with E-state index in [4.69, 9.17) is 5.11 Å². The van der Waals surface area contributed by atoms with Gasteiger partial charge in [0.05, 0.1) is 16.8 Å². The minimum Gasteiger partial charge on any atom is -0.481 e. The van der Waals surface area contributed by atoms with Crippen molar-refractivity contribution in [3.8, 4) is 0 Å². The summed E-state index contributed by atoms with van der Waals surface area (Å²) >= 11 is 0. The van der Waals surface area contributed by atoms with E-state index in [1.165, 1.54) is 10.2 Å². The van der Waals surface area contributed by atoms with Crippen LogP contribution in [0.25, 0.3) is 10.9 Å². The zero-order chi connectivity index (χ0) is 18.3. The molecule has 0 amide bonds. The standard InChI is InChI=1S/C19H18N2O4S/c22-19(23)10-15-12-21(18-4-2-1-3-17(15)18)26(24,25)16-6-5-13-7-8-20-11-14(13)9-16/h1-6,9,12,20H,7-8,10-11H2,(H,22,23). The van der Waals surface area contributed by atoms with Gasteiger partial charge in [0.25, 0.3) is 10.0 Å². The molecule has 0 atom stereocenters. The van der Waals surface area contributed by atoms with Crippen molar-refractivity contribution in [3.05, 3.63) is 65.4 Å². The Morgan fingerprint density at radius 1 is 1.15 bits per heavy atom. The number of hydrogen-bond donors (Lipinski definition) is 2. The van der Waals surface area contributed by atoms with Crippen LogP contribution in [0.4, 0.5) is 0 Å². The molecule has 0 spiro atoms. The summed E-state index contributed by atoms with van der Waals surface area (Å²) in [6, 6.07) is 12.2. The molecule has 2 aromatic carbocycles. The molecular weight excluding hydrogens is 352 g/mol. The number of nitrogens with one attached hydrogen (secondary N) is 1. The third kappa shape index (κ3) is 2.79. The molecule has 0 radical (unpaired) electrons. The Labute approximate surface area is 151 Å². The SMILES string of the molecule is O=C(O)Cc1cn(S(=O)(=O)c2ccc3c(c2)CNCC3)c2ccccc12. The fourth-order valence-corrected chi connectivity index (χ4v) is 4.89. The second-order valence-electron chi connectivity index (χ2n) is 6.40. The number of fused-ring (bicyclic) bond motifs is 2. The molecule has 0 aliphatic carbocycles. The molecule has 4 rings (SSSR count). The smallest absolute Gasteiger partial charge is 0.307 e. The van der Waals surface area contributed by atoms with Gasteiger partial charge in [-0.3, -0.25) is 4.79 Å². The van der Waals surface area contributed by atoms with Crippen LogP contribution in [0.1, 0.15) is 16.7 Å². The van der Waals surface area contributed by atoms with Crippen LogP contribution in [-0.2, 0) is 34.2 Å². The molecule has 26 heavy (non-hydrogen) atoms. The molecule has 1 aromatic heterocycles. The van der Waals surface area contributed by atoms with Crippen LogP contribution in [0.5, 0.6) is 0 Å². The number of para-hydroxylation sites is 1. The van der Waals surface area contributed by atoms with E-state index in [-0.39, 0.29) is 11.3 Å². The van der Waals surface area contributed by atoms with Gasteiger partial charge < -0.3 is 10.4 Å². The molecule has 0 saturated heterocycles. The van der Waals surface area contributed by atoms with Crippen LogP contribution in [0.3, 0.4) is 0 Å². The number of carboxylic acids is 1. The van der Waals surface area contributed by atoms with Crippen LogP contribution in [-0.4, -0.2) is 30.0 Å². The number of aromatic nitrogens is 1. The fourth-order valence-electron chi connectivity index (χ4n) is 3.45. The number of aliphatic carboxylic acids is 1. The van der Waals surface area contributed by atoms with E-state index in [2.05, 4.69) is 5.32 Å². The number of nitrogens with zero attached hydrogens (tertiary/aromatic N) is 1. The fraction of sp³-hybridized carbons (Fsp3) is 0.211. The molecule has 3 aromatic rings. The van der Waals surface area contributed by atoms with Crippen molar-refractivity contribution in [3.63, 3.8) is 0 Å². The van der Waals surface area contributed by atoms with Gasteiger partial charge in [-0.15, -0.1) is 0 Å². The van der Waals surface area contributed by atoms with E-state index in [0.717, 1.165) is 24.1 Å². The lowest BCUT2D eigenvalue weighted by molar-refractivity contribution is -0.136. The van der Waals surface area contributed by atoms with Crippen LogP contribution >= 0.6 is 0 Å². The second kappa shape index (κ2) is 6.26. The molecule has 2 N–H and O–H groups in total. The predicted octanol–water partition coefficient (Wildman–Crippen LogP) is 2.15. The molecule has 0 fully saturated rings. The Bertz CT molecular complexity index is 1120. The molecule has 1 aliphatic rings. The third-order valence-electron chi connectivity index (χ3n) is 4.72. The molecule has 0 saturated carbocycles. The van der Waals surface area contributed by atoms with Gasteiger partial charge >= 0.3 is 5.97 Å². The van der Waals surface area contributed by atoms with Gasteiger partial charge in [-0.2, -0.15) is 0 Å². The minimum absolute atomic E-state index is 0.211. The van der Waals surface area contributed by atoms with Gasteiger partial charge in [-0.1, -0.05) is 24.3 Å². The topological polar surface area (TPSA) is 88.4 Å². The van der Waals surface area contributed by atoms with Gasteiger partial charge in [-0.05, 0) is 47.9 Å². The first-order valence-corrected chi connectivity index (χ1v) is 9.80. The lowest BCUT2D eigenvalue weighted by Gasteiger charge is -2.18. The Balaban J connectivity index is 1.87. The van der Waals surface area contributed by atoms with Crippen molar-refractivity contribution in [2.45, 2.75) is 24.3 Å². The quantitative estimate of drug-likeness (QED) is 0.735. The molecule has 134 valence electrons. The van der Waals surface area contributed by atoms with Gasteiger partial charge in [0.1, 0.15) is 0 Å². The highest BCUT2D eigenvalue weighted by atomic mass is 32.2. The van der Waals surface area contributed by atoms with Crippen molar-refractivity contribution in [2.24, 2.45) is 0 Å². The molecule has 1 aliphatic heterocycles. The maximum absolute atomic E-state index is 13.2. The maximum Gasteiger partial charge on any atom is 0.307 e. The summed E-state index contributed by atoms with van der Waals surface area (Å²) in [4.78, 5) is 11.3. The summed E-state index contributed by atoms with van der Waals surface area (Å²) in [5.41, 5.74) is 3.11. The highest BCUT2D eigenvalue weighted by Gasteiger charge is 2.23. The van der Waals surface area contributed by atoms with Crippen molar-refractivity contribution in [1.82, 2.24) is 9.29 Å². The second-order valence-corrected chi connectivity index (χ2v) is 8.22.